The summed E-state index contributed by atoms with van der Waals surface area (Å²) in [6, 6.07) is 23.3. The van der Waals surface area contributed by atoms with Crippen molar-refractivity contribution in [3.8, 4) is 5.69 Å². The lowest BCUT2D eigenvalue weighted by Crippen LogP contribution is -2.28. The van der Waals surface area contributed by atoms with E-state index in [1.807, 2.05) is 66.7 Å². The highest BCUT2D eigenvalue weighted by atomic mass is 35.5. The van der Waals surface area contributed by atoms with E-state index < -0.39 is 5.41 Å². The molecule has 2 heterocycles. The quantitative estimate of drug-likeness (QED) is 0.494. The van der Waals surface area contributed by atoms with Crippen molar-refractivity contribution in [2.24, 2.45) is 0 Å². The van der Waals surface area contributed by atoms with Gasteiger partial charge in [-0.2, -0.15) is 0 Å². The maximum atomic E-state index is 13.3. The molecule has 1 aromatic heterocycles. The molecule has 1 aliphatic heterocycles. The first-order valence-corrected chi connectivity index (χ1v) is 8.87. The smallest absolute Gasteiger partial charge is 0.266 e. The summed E-state index contributed by atoms with van der Waals surface area (Å²) in [4.78, 5) is 18.2. The molecule has 3 aromatic carbocycles. The summed E-state index contributed by atoms with van der Waals surface area (Å²) in [5, 5.41) is 1.32. The summed E-state index contributed by atoms with van der Waals surface area (Å²) in [6.45, 7) is 2.12. The van der Waals surface area contributed by atoms with Crippen LogP contribution in [0.4, 0.5) is 0 Å². The molecular weight excluding hydrogens is 344 g/mol. The predicted octanol–water partition coefficient (Wildman–Crippen LogP) is 4.71. The minimum Gasteiger partial charge on any atom is -0.268 e. The molecule has 0 N–H and O–H groups in total. The lowest BCUT2D eigenvalue weighted by Gasteiger charge is -2.26. The molecule has 1 aliphatic rings. The Morgan fingerprint density at radius 2 is 1.62 bits per heavy atom. The van der Waals surface area contributed by atoms with Gasteiger partial charge in [0.25, 0.3) is 5.56 Å². The highest BCUT2D eigenvalue weighted by Crippen LogP contribution is 2.45. The van der Waals surface area contributed by atoms with E-state index >= 15 is 0 Å². The maximum absolute atomic E-state index is 13.3. The minimum absolute atomic E-state index is 0.0317. The molecule has 0 radical (unpaired) electrons. The monoisotopic (exact) mass is 358 g/mol. The number of aromatic nitrogens is 2. The van der Waals surface area contributed by atoms with Crippen molar-refractivity contribution in [1.82, 2.24) is 9.55 Å². The van der Waals surface area contributed by atoms with Crippen LogP contribution in [0.2, 0.25) is 5.02 Å². The van der Waals surface area contributed by atoms with Crippen molar-refractivity contribution in [1.29, 1.82) is 0 Å². The van der Waals surface area contributed by atoms with Gasteiger partial charge in [0.15, 0.2) is 0 Å². The van der Waals surface area contributed by atoms with Gasteiger partial charge in [-0.1, -0.05) is 54.1 Å². The van der Waals surface area contributed by atoms with Gasteiger partial charge >= 0.3 is 0 Å². The molecule has 3 nitrogen and oxygen atoms in total. The van der Waals surface area contributed by atoms with Gasteiger partial charge in [-0.25, -0.2) is 4.98 Å². The number of rotatable bonds is 1. The zero-order valence-electron chi connectivity index (χ0n) is 14.1. The Kier molecular flexibility index (Phi) is 3.12. The molecule has 0 aliphatic carbocycles. The average Bonchev–Trinajstić information content (AvgIpc) is 2.93. The van der Waals surface area contributed by atoms with Crippen LogP contribution in [0.1, 0.15) is 23.9 Å². The lowest BCUT2D eigenvalue weighted by atomic mass is 9.77. The molecular formula is C22H15ClN2O. The number of nitrogens with zero attached hydrogens (tertiary/aromatic N) is 2. The second-order valence-electron chi connectivity index (χ2n) is 6.74. The van der Waals surface area contributed by atoms with Gasteiger partial charge < -0.3 is 0 Å². The van der Waals surface area contributed by atoms with E-state index in [0.29, 0.717) is 10.4 Å². The van der Waals surface area contributed by atoms with E-state index in [1.54, 1.807) is 4.57 Å². The van der Waals surface area contributed by atoms with Crippen LogP contribution in [0.3, 0.4) is 0 Å². The molecule has 1 unspecified atom stereocenters. The second kappa shape index (κ2) is 5.29. The normalized spacial score (nSPS) is 17.9. The predicted molar refractivity (Wildman–Crippen MR) is 104 cm³/mol. The lowest BCUT2D eigenvalue weighted by molar-refractivity contribution is 0.655. The third-order valence-electron chi connectivity index (χ3n) is 5.33. The largest absolute Gasteiger partial charge is 0.268 e. The van der Waals surface area contributed by atoms with E-state index in [-0.39, 0.29) is 5.56 Å². The zero-order valence-corrected chi connectivity index (χ0v) is 14.9. The summed E-state index contributed by atoms with van der Waals surface area (Å²) in [5.74, 6) is 0.740. The summed E-state index contributed by atoms with van der Waals surface area (Å²) in [6.07, 6.45) is 0. The Bertz CT molecular complexity index is 1230. The molecule has 0 amide bonds. The van der Waals surface area contributed by atoms with Gasteiger partial charge in [0.2, 0.25) is 0 Å². The van der Waals surface area contributed by atoms with Gasteiger partial charge in [0.1, 0.15) is 5.82 Å². The van der Waals surface area contributed by atoms with E-state index in [2.05, 4.69) is 13.0 Å². The third kappa shape index (κ3) is 1.89. The first-order chi connectivity index (χ1) is 12.6. The molecule has 126 valence electrons. The van der Waals surface area contributed by atoms with Crippen molar-refractivity contribution >= 4 is 22.5 Å². The topological polar surface area (TPSA) is 34.9 Å². The van der Waals surface area contributed by atoms with Crippen LogP contribution in [0.15, 0.2) is 77.6 Å². The van der Waals surface area contributed by atoms with E-state index in [9.17, 15) is 4.79 Å². The summed E-state index contributed by atoms with van der Waals surface area (Å²) < 4.78 is 1.76. The van der Waals surface area contributed by atoms with Crippen LogP contribution >= 0.6 is 11.6 Å². The van der Waals surface area contributed by atoms with Gasteiger partial charge in [-0.05, 0) is 48.4 Å². The Labute approximate surface area is 155 Å². The Morgan fingerprint density at radius 3 is 2.42 bits per heavy atom. The summed E-state index contributed by atoms with van der Waals surface area (Å²) in [5.41, 5.74) is 3.19. The maximum Gasteiger partial charge on any atom is 0.266 e. The molecule has 1 atom stereocenters. The van der Waals surface area contributed by atoms with Crippen LogP contribution < -0.4 is 5.56 Å². The van der Waals surface area contributed by atoms with E-state index in [4.69, 9.17) is 16.6 Å². The first kappa shape index (κ1) is 15.4. The highest BCUT2D eigenvalue weighted by molar-refractivity contribution is 6.30. The van der Waals surface area contributed by atoms with Crippen molar-refractivity contribution in [3.63, 3.8) is 0 Å². The van der Waals surface area contributed by atoms with Crippen LogP contribution in [0, 0.1) is 0 Å². The van der Waals surface area contributed by atoms with Crippen LogP contribution in [-0.4, -0.2) is 9.55 Å². The van der Waals surface area contributed by atoms with Crippen molar-refractivity contribution in [2.75, 3.05) is 0 Å². The fraction of sp³-hybridized carbons (Fsp3) is 0.0909. The molecule has 26 heavy (non-hydrogen) atoms. The summed E-state index contributed by atoms with van der Waals surface area (Å²) >= 11 is 6.10. The van der Waals surface area contributed by atoms with E-state index in [0.717, 1.165) is 28.2 Å². The van der Waals surface area contributed by atoms with Crippen molar-refractivity contribution in [3.05, 3.63) is 105 Å². The number of benzene rings is 3. The number of halogens is 1. The Morgan fingerprint density at radius 1 is 0.923 bits per heavy atom. The van der Waals surface area contributed by atoms with Crippen molar-refractivity contribution in [2.45, 2.75) is 12.3 Å². The fourth-order valence-electron chi connectivity index (χ4n) is 3.97. The van der Waals surface area contributed by atoms with Gasteiger partial charge in [0, 0.05) is 5.02 Å². The molecule has 0 saturated carbocycles. The van der Waals surface area contributed by atoms with Crippen molar-refractivity contribution < 1.29 is 0 Å². The zero-order chi connectivity index (χ0) is 17.9. The number of fused-ring (bicyclic) bond motifs is 4. The molecule has 0 fully saturated rings. The van der Waals surface area contributed by atoms with Crippen LogP contribution in [0.25, 0.3) is 16.6 Å². The molecule has 5 rings (SSSR count). The van der Waals surface area contributed by atoms with Crippen LogP contribution in [0.5, 0.6) is 0 Å². The van der Waals surface area contributed by atoms with Crippen LogP contribution in [-0.2, 0) is 5.41 Å². The highest BCUT2D eigenvalue weighted by Gasteiger charge is 2.43. The fourth-order valence-corrected chi connectivity index (χ4v) is 4.10. The SMILES string of the molecule is CC1(c2ccc(Cl)cc2)c2ccccc2-n2c1nc1ccccc1c2=O. The Balaban J connectivity index is 1.95. The van der Waals surface area contributed by atoms with Gasteiger partial charge in [0.05, 0.1) is 22.0 Å². The number of hydrogen-bond donors (Lipinski definition) is 0. The summed E-state index contributed by atoms with van der Waals surface area (Å²) in [7, 11) is 0. The molecule has 4 heteroatoms. The number of para-hydroxylation sites is 2. The Hall–Kier alpha value is -2.91. The van der Waals surface area contributed by atoms with Gasteiger partial charge in [-0.15, -0.1) is 0 Å². The molecule has 4 aromatic rings. The molecule has 0 saturated heterocycles. The standard InChI is InChI=1S/C22H15ClN2O/c1-22(14-10-12-15(23)13-11-14)17-7-3-5-9-19(17)25-20(26)16-6-2-4-8-18(16)24-21(22)25/h2-13H,1H3. The minimum atomic E-state index is -0.523. The molecule has 0 spiro atoms. The average molecular weight is 359 g/mol. The van der Waals surface area contributed by atoms with E-state index in [1.165, 1.54) is 0 Å². The second-order valence-corrected chi connectivity index (χ2v) is 7.18. The van der Waals surface area contributed by atoms with Gasteiger partial charge in [-0.3, -0.25) is 9.36 Å². The third-order valence-corrected chi connectivity index (χ3v) is 5.58. The number of hydrogen-bond acceptors (Lipinski definition) is 2. The first-order valence-electron chi connectivity index (χ1n) is 8.49. The molecule has 0 bridgehead atoms.